The van der Waals surface area contributed by atoms with E-state index in [0.29, 0.717) is 11.8 Å². The van der Waals surface area contributed by atoms with Crippen molar-refractivity contribution in [2.75, 3.05) is 11.9 Å². The number of anilines is 1. The van der Waals surface area contributed by atoms with Gasteiger partial charge in [0.25, 0.3) is 0 Å². The highest BCUT2D eigenvalue weighted by Gasteiger charge is 2.56. The molecular weight excluding hydrogens is 186 g/mol. The van der Waals surface area contributed by atoms with Crippen LogP contribution in [0, 0.1) is 17.8 Å². The van der Waals surface area contributed by atoms with Crippen LogP contribution >= 0.6 is 0 Å². The number of hydrogen-bond acceptors (Lipinski definition) is 1. The Kier molecular flexibility index (Phi) is 1.84. The number of carbonyl (C=O) groups is 1. The topological polar surface area (TPSA) is 20.3 Å². The molecule has 2 fully saturated rings. The van der Waals surface area contributed by atoms with Crippen molar-refractivity contribution in [3.63, 3.8) is 0 Å². The van der Waals surface area contributed by atoms with Crippen molar-refractivity contribution in [3.8, 4) is 0 Å². The summed E-state index contributed by atoms with van der Waals surface area (Å²) in [6.45, 7) is 0. The van der Waals surface area contributed by atoms with Gasteiger partial charge in [0.05, 0.1) is 0 Å². The van der Waals surface area contributed by atoms with Crippen LogP contribution in [0.4, 0.5) is 5.69 Å². The Hall–Kier alpha value is -1.31. The van der Waals surface area contributed by atoms with Crippen molar-refractivity contribution in [3.05, 3.63) is 30.3 Å². The molecule has 2 nitrogen and oxygen atoms in total. The Morgan fingerprint density at radius 2 is 2.00 bits per heavy atom. The van der Waals surface area contributed by atoms with Gasteiger partial charge in [-0.25, -0.2) is 0 Å². The van der Waals surface area contributed by atoms with Gasteiger partial charge in [-0.15, -0.1) is 0 Å². The number of benzene rings is 1. The summed E-state index contributed by atoms with van der Waals surface area (Å²) in [6.07, 6.45) is 2.42. The van der Waals surface area contributed by atoms with Gasteiger partial charge in [0, 0.05) is 18.7 Å². The number of rotatable bonds is 2. The van der Waals surface area contributed by atoms with Gasteiger partial charge >= 0.3 is 0 Å². The van der Waals surface area contributed by atoms with Crippen molar-refractivity contribution >= 4 is 11.6 Å². The molecule has 0 heterocycles. The zero-order valence-corrected chi connectivity index (χ0v) is 8.89. The zero-order chi connectivity index (χ0) is 10.4. The third-order valence-electron chi connectivity index (χ3n) is 3.84. The quantitative estimate of drug-likeness (QED) is 0.719. The van der Waals surface area contributed by atoms with Crippen molar-refractivity contribution < 1.29 is 4.79 Å². The van der Waals surface area contributed by atoms with Crippen LogP contribution in [0.25, 0.3) is 0 Å². The smallest absolute Gasteiger partial charge is 0.230 e. The van der Waals surface area contributed by atoms with Crippen molar-refractivity contribution in [2.24, 2.45) is 17.8 Å². The van der Waals surface area contributed by atoms with Gasteiger partial charge in [0.2, 0.25) is 5.91 Å². The molecule has 0 aromatic heterocycles. The van der Waals surface area contributed by atoms with Gasteiger partial charge in [0.15, 0.2) is 0 Å². The zero-order valence-electron chi connectivity index (χ0n) is 8.89. The summed E-state index contributed by atoms with van der Waals surface area (Å²) >= 11 is 0. The average molecular weight is 201 g/mol. The number of nitrogens with zero attached hydrogens (tertiary/aromatic N) is 1. The van der Waals surface area contributed by atoms with E-state index >= 15 is 0 Å². The van der Waals surface area contributed by atoms with Gasteiger partial charge in [-0.1, -0.05) is 18.2 Å². The predicted octanol–water partition coefficient (Wildman–Crippen LogP) is 2.31. The SMILES string of the molecule is CN(C(=O)C1C[C@H]2C[C@@H]12)c1ccccc1. The van der Waals surface area contributed by atoms with Crippen LogP contribution in [-0.2, 0) is 4.79 Å². The van der Waals surface area contributed by atoms with E-state index in [0.717, 1.165) is 23.9 Å². The maximum atomic E-state index is 12.1. The van der Waals surface area contributed by atoms with Gasteiger partial charge in [0.1, 0.15) is 0 Å². The van der Waals surface area contributed by atoms with Crippen LogP contribution in [0.3, 0.4) is 0 Å². The van der Waals surface area contributed by atoms with E-state index in [1.54, 1.807) is 4.90 Å². The summed E-state index contributed by atoms with van der Waals surface area (Å²) < 4.78 is 0. The second-order valence-electron chi connectivity index (χ2n) is 4.73. The van der Waals surface area contributed by atoms with E-state index in [2.05, 4.69) is 0 Å². The molecule has 78 valence electrons. The van der Waals surface area contributed by atoms with Crippen LogP contribution < -0.4 is 4.90 Å². The van der Waals surface area contributed by atoms with E-state index in [4.69, 9.17) is 0 Å². The standard InChI is InChI=1S/C13H15NO/c1-14(10-5-3-2-4-6-10)13(15)12-8-9-7-11(9)12/h2-6,9,11-12H,7-8H2,1H3/t9-,11-,12?/m1/s1. The van der Waals surface area contributed by atoms with E-state index < -0.39 is 0 Å². The van der Waals surface area contributed by atoms with Crippen molar-refractivity contribution in [2.45, 2.75) is 12.8 Å². The molecule has 0 aliphatic heterocycles. The molecule has 1 unspecified atom stereocenters. The van der Waals surface area contributed by atoms with Crippen LogP contribution in [0.1, 0.15) is 12.8 Å². The average Bonchev–Trinajstić information content (AvgIpc) is 2.89. The predicted molar refractivity (Wildman–Crippen MR) is 59.6 cm³/mol. The lowest BCUT2D eigenvalue weighted by atomic mass is 9.84. The Bertz CT molecular complexity index is 387. The van der Waals surface area contributed by atoms with Gasteiger partial charge in [-0.05, 0) is 36.8 Å². The van der Waals surface area contributed by atoms with E-state index in [9.17, 15) is 4.79 Å². The summed E-state index contributed by atoms with van der Waals surface area (Å²) in [5, 5.41) is 0. The van der Waals surface area contributed by atoms with Crippen LogP contribution in [0.15, 0.2) is 30.3 Å². The van der Waals surface area contributed by atoms with Crippen LogP contribution in [0.5, 0.6) is 0 Å². The second kappa shape index (κ2) is 3.09. The summed E-state index contributed by atoms with van der Waals surface area (Å²) in [5.74, 6) is 2.24. The molecule has 1 aromatic rings. The van der Waals surface area contributed by atoms with Crippen molar-refractivity contribution in [1.29, 1.82) is 0 Å². The number of amides is 1. The maximum Gasteiger partial charge on any atom is 0.230 e. The summed E-state index contributed by atoms with van der Waals surface area (Å²) in [5.41, 5.74) is 1.01. The molecule has 2 aliphatic rings. The first-order chi connectivity index (χ1) is 7.27. The van der Waals surface area contributed by atoms with E-state index in [1.807, 2.05) is 37.4 Å². The molecule has 0 N–H and O–H groups in total. The van der Waals surface area contributed by atoms with Gasteiger partial charge in [-0.2, -0.15) is 0 Å². The molecule has 0 bridgehead atoms. The van der Waals surface area contributed by atoms with Gasteiger partial charge < -0.3 is 4.90 Å². The Morgan fingerprint density at radius 3 is 2.53 bits per heavy atom. The van der Waals surface area contributed by atoms with Crippen LogP contribution in [0.2, 0.25) is 0 Å². The first-order valence-corrected chi connectivity index (χ1v) is 5.60. The van der Waals surface area contributed by atoms with Crippen LogP contribution in [-0.4, -0.2) is 13.0 Å². The molecule has 15 heavy (non-hydrogen) atoms. The highest BCUT2D eigenvalue weighted by atomic mass is 16.2. The number of fused-ring (bicyclic) bond motifs is 1. The highest BCUT2D eigenvalue weighted by Crippen LogP contribution is 2.60. The molecule has 3 rings (SSSR count). The fourth-order valence-electron chi connectivity index (χ4n) is 2.65. The molecule has 1 aromatic carbocycles. The lowest BCUT2D eigenvalue weighted by Crippen LogP contribution is -2.37. The molecule has 2 aliphatic carbocycles. The Labute approximate surface area is 89.9 Å². The van der Waals surface area contributed by atoms with E-state index in [-0.39, 0.29) is 0 Å². The fourth-order valence-corrected chi connectivity index (χ4v) is 2.65. The first kappa shape index (κ1) is 8.96. The third-order valence-corrected chi connectivity index (χ3v) is 3.84. The maximum absolute atomic E-state index is 12.1. The minimum atomic E-state index is 0.306. The first-order valence-electron chi connectivity index (χ1n) is 5.60. The molecule has 0 spiro atoms. The Balaban J connectivity index is 1.74. The largest absolute Gasteiger partial charge is 0.315 e. The third kappa shape index (κ3) is 1.36. The summed E-state index contributed by atoms with van der Waals surface area (Å²) in [7, 11) is 1.88. The molecule has 0 saturated heterocycles. The molecule has 3 atom stereocenters. The summed E-state index contributed by atoms with van der Waals surface area (Å²) in [4.78, 5) is 13.9. The second-order valence-corrected chi connectivity index (χ2v) is 4.73. The number of hydrogen-bond donors (Lipinski definition) is 0. The van der Waals surface area contributed by atoms with E-state index in [1.165, 1.54) is 6.42 Å². The molecule has 2 heteroatoms. The minimum absolute atomic E-state index is 0.306. The number of para-hydroxylation sites is 1. The molecule has 2 saturated carbocycles. The van der Waals surface area contributed by atoms with Gasteiger partial charge in [-0.3, -0.25) is 4.79 Å². The summed E-state index contributed by atoms with van der Waals surface area (Å²) in [6, 6.07) is 9.89. The monoisotopic (exact) mass is 201 g/mol. The van der Waals surface area contributed by atoms with Crippen molar-refractivity contribution in [1.82, 2.24) is 0 Å². The molecule has 1 amide bonds. The number of carbonyl (C=O) groups excluding carboxylic acids is 1. The highest BCUT2D eigenvalue weighted by molar-refractivity contribution is 5.95. The minimum Gasteiger partial charge on any atom is -0.315 e. The molecular formula is C13H15NO. The molecule has 0 radical (unpaired) electrons. The Morgan fingerprint density at radius 1 is 1.27 bits per heavy atom. The normalized spacial score (nSPS) is 31.4. The lowest BCUT2D eigenvalue weighted by Gasteiger charge is -2.28. The fraction of sp³-hybridized carbons (Fsp3) is 0.462. The lowest BCUT2D eigenvalue weighted by molar-refractivity contribution is -0.124.